The van der Waals surface area contributed by atoms with Crippen LogP contribution in [-0.4, -0.2) is 49.6 Å². The van der Waals surface area contributed by atoms with E-state index in [0.717, 1.165) is 37.7 Å². The Morgan fingerprint density at radius 3 is 2.81 bits per heavy atom. The van der Waals surface area contributed by atoms with Crippen LogP contribution in [0.4, 0.5) is 0 Å². The van der Waals surface area contributed by atoms with E-state index in [1.165, 1.54) is 44.5 Å². The van der Waals surface area contributed by atoms with Gasteiger partial charge in [0.15, 0.2) is 0 Å². The minimum absolute atomic E-state index is 0.905. The molecule has 21 heavy (non-hydrogen) atoms. The van der Waals surface area contributed by atoms with Gasteiger partial charge < -0.3 is 14.6 Å². The van der Waals surface area contributed by atoms with Gasteiger partial charge in [0.1, 0.15) is 11.5 Å². The summed E-state index contributed by atoms with van der Waals surface area (Å²) in [6, 6.07) is 2.21. The van der Waals surface area contributed by atoms with Crippen LogP contribution in [0.1, 0.15) is 43.3 Å². The first-order chi connectivity index (χ1) is 10.2. The van der Waals surface area contributed by atoms with Crippen molar-refractivity contribution in [1.82, 2.24) is 15.1 Å². The second kappa shape index (κ2) is 8.57. The number of aryl methyl sites for hydroxylation is 1. The zero-order chi connectivity index (χ0) is 15.1. The summed E-state index contributed by atoms with van der Waals surface area (Å²) in [4.78, 5) is 4.92. The lowest BCUT2D eigenvalue weighted by Gasteiger charge is -2.20. The molecule has 120 valence electrons. The first kappa shape index (κ1) is 16.5. The van der Waals surface area contributed by atoms with Gasteiger partial charge in [-0.3, -0.25) is 4.90 Å². The number of hydrogen-bond acceptors (Lipinski definition) is 4. The summed E-state index contributed by atoms with van der Waals surface area (Å²) in [5.74, 6) is 2.14. The molecule has 0 radical (unpaired) electrons. The fourth-order valence-electron chi connectivity index (χ4n) is 2.90. The van der Waals surface area contributed by atoms with Crippen LogP contribution in [0.25, 0.3) is 0 Å². The Morgan fingerprint density at radius 2 is 2.10 bits per heavy atom. The van der Waals surface area contributed by atoms with Crippen LogP contribution < -0.4 is 5.32 Å². The van der Waals surface area contributed by atoms with E-state index in [4.69, 9.17) is 4.42 Å². The summed E-state index contributed by atoms with van der Waals surface area (Å²) in [6.07, 6.45) is 3.91. The number of nitrogens with one attached hydrogen (secondary N) is 1. The minimum Gasteiger partial charge on any atom is -0.465 e. The van der Waals surface area contributed by atoms with E-state index in [-0.39, 0.29) is 0 Å². The number of furan rings is 1. The predicted octanol–water partition coefficient (Wildman–Crippen LogP) is 2.62. The highest BCUT2D eigenvalue weighted by atomic mass is 16.3. The molecule has 1 aliphatic rings. The molecule has 1 fully saturated rings. The van der Waals surface area contributed by atoms with Gasteiger partial charge in [-0.05, 0) is 58.9 Å². The average molecular weight is 293 g/mol. The Hall–Kier alpha value is -0.840. The van der Waals surface area contributed by atoms with Crippen molar-refractivity contribution in [3.05, 3.63) is 23.2 Å². The molecule has 0 bridgehead atoms. The van der Waals surface area contributed by atoms with Crippen molar-refractivity contribution in [2.45, 2.75) is 46.2 Å². The highest BCUT2D eigenvalue weighted by Gasteiger charge is 2.13. The normalized spacial score (nSPS) is 16.2. The Labute approximate surface area is 129 Å². The zero-order valence-electron chi connectivity index (χ0n) is 14.0. The van der Waals surface area contributed by atoms with E-state index in [1.807, 2.05) is 0 Å². The van der Waals surface area contributed by atoms with Gasteiger partial charge in [-0.1, -0.05) is 6.92 Å². The van der Waals surface area contributed by atoms with Gasteiger partial charge in [-0.2, -0.15) is 0 Å². The summed E-state index contributed by atoms with van der Waals surface area (Å²) in [5, 5.41) is 3.44. The SMILES string of the molecule is CCCNCc1cc(CN(C)CCN2CCCC2)oc1C. The van der Waals surface area contributed by atoms with E-state index >= 15 is 0 Å². The average Bonchev–Trinajstić information content (AvgIpc) is 3.07. The Kier molecular flexibility index (Phi) is 6.74. The maximum Gasteiger partial charge on any atom is 0.118 e. The van der Waals surface area contributed by atoms with Crippen molar-refractivity contribution in [2.24, 2.45) is 0 Å². The van der Waals surface area contributed by atoms with Crippen LogP contribution in [0.2, 0.25) is 0 Å². The summed E-state index contributed by atoms with van der Waals surface area (Å²) in [7, 11) is 2.18. The quantitative estimate of drug-likeness (QED) is 0.709. The van der Waals surface area contributed by atoms with Gasteiger partial charge in [0.05, 0.1) is 6.54 Å². The largest absolute Gasteiger partial charge is 0.465 e. The summed E-state index contributed by atoms with van der Waals surface area (Å²) in [5.41, 5.74) is 1.30. The molecular formula is C17H31N3O. The molecular weight excluding hydrogens is 262 g/mol. The van der Waals surface area contributed by atoms with E-state index in [2.05, 4.69) is 42.1 Å². The second-order valence-corrected chi connectivity index (χ2v) is 6.26. The Bertz CT molecular complexity index is 410. The van der Waals surface area contributed by atoms with Crippen molar-refractivity contribution in [3.8, 4) is 0 Å². The van der Waals surface area contributed by atoms with Crippen LogP contribution in [0.3, 0.4) is 0 Å². The number of rotatable bonds is 9. The third-order valence-corrected chi connectivity index (χ3v) is 4.24. The van der Waals surface area contributed by atoms with Gasteiger partial charge in [0, 0.05) is 25.2 Å². The molecule has 0 spiro atoms. The minimum atomic E-state index is 0.905. The standard InChI is InChI=1S/C17H31N3O/c1-4-7-18-13-16-12-17(21-15(16)2)14-19(3)10-11-20-8-5-6-9-20/h12,18H,4-11,13-14H2,1-3H3. The highest BCUT2D eigenvalue weighted by Crippen LogP contribution is 2.16. The van der Waals surface area contributed by atoms with Crippen molar-refractivity contribution >= 4 is 0 Å². The van der Waals surface area contributed by atoms with Crippen molar-refractivity contribution in [1.29, 1.82) is 0 Å². The zero-order valence-corrected chi connectivity index (χ0v) is 14.0. The van der Waals surface area contributed by atoms with Gasteiger partial charge in [0.25, 0.3) is 0 Å². The predicted molar refractivity (Wildman–Crippen MR) is 87.5 cm³/mol. The van der Waals surface area contributed by atoms with Crippen LogP contribution in [0.5, 0.6) is 0 Å². The molecule has 0 unspecified atom stereocenters. The molecule has 0 atom stereocenters. The lowest BCUT2D eigenvalue weighted by molar-refractivity contribution is 0.238. The first-order valence-electron chi connectivity index (χ1n) is 8.39. The summed E-state index contributed by atoms with van der Waals surface area (Å²) >= 11 is 0. The van der Waals surface area contributed by atoms with Crippen molar-refractivity contribution in [2.75, 3.05) is 39.8 Å². The molecule has 2 heterocycles. The molecule has 0 aliphatic carbocycles. The van der Waals surface area contributed by atoms with Crippen LogP contribution in [0, 0.1) is 6.92 Å². The van der Waals surface area contributed by atoms with Crippen molar-refractivity contribution < 1.29 is 4.42 Å². The third kappa shape index (κ3) is 5.46. The molecule has 1 aromatic heterocycles. The highest BCUT2D eigenvalue weighted by molar-refractivity contribution is 5.20. The molecule has 2 rings (SSSR count). The van der Waals surface area contributed by atoms with Crippen LogP contribution in [0.15, 0.2) is 10.5 Å². The molecule has 1 aliphatic heterocycles. The number of hydrogen-bond donors (Lipinski definition) is 1. The fraction of sp³-hybridized carbons (Fsp3) is 0.765. The van der Waals surface area contributed by atoms with E-state index in [0.29, 0.717) is 0 Å². The third-order valence-electron chi connectivity index (χ3n) is 4.24. The number of nitrogens with zero attached hydrogens (tertiary/aromatic N) is 2. The second-order valence-electron chi connectivity index (χ2n) is 6.26. The molecule has 1 aromatic rings. The maximum atomic E-state index is 5.89. The van der Waals surface area contributed by atoms with E-state index in [1.54, 1.807) is 0 Å². The smallest absolute Gasteiger partial charge is 0.118 e. The lowest BCUT2D eigenvalue weighted by atomic mass is 10.2. The van der Waals surface area contributed by atoms with Gasteiger partial charge in [0.2, 0.25) is 0 Å². The fourth-order valence-corrected chi connectivity index (χ4v) is 2.90. The first-order valence-corrected chi connectivity index (χ1v) is 8.39. The van der Waals surface area contributed by atoms with Crippen LogP contribution >= 0.6 is 0 Å². The molecule has 4 heteroatoms. The maximum absolute atomic E-state index is 5.89. The van der Waals surface area contributed by atoms with Gasteiger partial charge in [-0.25, -0.2) is 0 Å². The van der Waals surface area contributed by atoms with E-state index in [9.17, 15) is 0 Å². The van der Waals surface area contributed by atoms with Gasteiger partial charge >= 0.3 is 0 Å². The Morgan fingerprint density at radius 1 is 1.33 bits per heavy atom. The van der Waals surface area contributed by atoms with E-state index < -0.39 is 0 Å². The molecule has 0 aromatic carbocycles. The molecule has 0 saturated carbocycles. The molecule has 0 amide bonds. The Balaban J connectivity index is 1.74. The topological polar surface area (TPSA) is 31.6 Å². The van der Waals surface area contributed by atoms with Gasteiger partial charge in [-0.15, -0.1) is 0 Å². The molecule has 4 nitrogen and oxygen atoms in total. The summed E-state index contributed by atoms with van der Waals surface area (Å²) in [6.45, 7) is 12.0. The van der Waals surface area contributed by atoms with Crippen molar-refractivity contribution in [3.63, 3.8) is 0 Å². The number of likely N-dealkylation sites (tertiary alicyclic amines) is 1. The van der Waals surface area contributed by atoms with Crippen LogP contribution in [-0.2, 0) is 13.1 Å². The lowest BCUT2D eigenvalue weighted by Crippen LogP contribution is -2.31. The number of likely N-dealkylation sites (N-methyl/N-ethyl adjacent to an activating group) is 1. The monoisotopic (exact) mass is 293 g/mol. The molecule has 1 N–H and O–H groups in total. The molecule has 1 saturated heterocycles. The summed E-state index contributed by atoms with van der Waals surface area (Å²) < 4.78 is 5.89.